The third kappa shape index (κ3) is 3.19. The number of nitrogen functional groups attached to an aromatic ring is 1. The molecule has 0 spiro atoms. The Labute approximate surface area is 147 Å². The zero-order chi connectivity index (χ0) is 19.2. The molecule has 1 amide bonds. The fourth-order valence-corrected chi connectivity index (χ4v) is 3.46. The summed E-state index contributed by atoms with van der Waals surface area (Å²) in [6, 6.07) is 3.33. The number of nitrogens with two attached hydrogens (primary N) is 1. The minimum absolute atomic E-state index is 0.0697. The first-order valence-electron chi connectivity index (χ1n) is 7.11. The van der Waals surface area contributed by atoms with Crippen molar-refractivity contribution in [3.8, 4) is 0 Å². The van der Waals surface area contributed by atoms with Crippen molar-refractivity contribution in [2.24, 2.45) is 0 Å². The summed E-state index contributed by atoms with van der Waals surface area (Å²) < 4.78 is 65.5. The number of aryl methyl sites for hydroxylation is 1. The highest BCUT2D eigenvalue weighted by Crippen LogP contribution is 2.38. The first-order chi connectivity index (χ1) is 12.1. The first-order valence-corrected chi connectivity index (χ1v) is 7.93. The van der Waals surface area contributed by atoms with Crippen molar-refractivity contribution in [1.82, 2.24) is 4.98 Å². The molecule has 0 saturated carbocycles. The van der Waals surface area contributed by atoms with Crippen molar-refractivity contribution in [3.63, 3.8) is 0 Å². The molecule has 0 aliphatic carbocycles. The largest absolute Gasteiger partial charge is 0.433 e. The Morgan fingerprint density at radius 1 is 1.23 bits per heavy atom. The monoisotopic (exact) mass is 387 g/mol. The summed E-state index contributed by atoms with van der Waals surface area (Å²) in [5.41, 5.74) is 4.50. The van der Waals surface area contributed by atoms with Crippen molar-refractivity contribution in [3.05, 3.63) is 52.0 Å². The molecule has 3 rings (SSSR count). The maximum absolute atomic E-state index is 13.7. The molecule has 0 radical (unpaired) electrons. The summed E-state index contributed by atoms with van der Waals surface area (Å²) in [6.45, 7) is 1.41. The standard InChI is InChI=1S/C16H10F5N3OS/c1-6-4-10(16(19,20)21)24-15-11(6)12(22)13(26-15)14(25)23-9-5-7(17)2-3-8(9)18/h2-5H,22H2,1H3,(H,23,25). The molecule has 0 aliphatic heterocycles. The number of carbonyl (C=O) groups excluding carboxylic acids is 1. The second-order valence-electron chi connectivity index (χ2n) is 5.43. The number of hydrogen-bond acceptors (Lipinski definition) is 4. The van der Waals surface area contributed by atoms with Gasteiger partial charge < -0.3 is 11.1 Å². The minimum Gasteiger partial charge on any atom is -0.397 e. The van der Waals surface area contributed by atoms with Crippen molar-refractivity contribution in [1.29, 1.82) is 0 Å². The number of fused-ring (bicyclic) bond motifs is 1. The van der Waals surface area contributed by atoms with E-state index in [-0.39, 0.29) is 26.3 Å². The molecular formula is C16H10F5N3OS. The van der Waals surface area contributed by atoms with Gasteiger partial charge in [0, 0.05) is 11.5 Å². The summed E-state index contributed by atoms with van der Waals surface area (Å²) in [5.74, 6) is -2.51. The van der Waals surface area contributed by atoms with Crippen LogP contribution < -0.4 is 11.1 Å². The molecule has 0 saturated heterocycles. The van der Waals surface area contributed by atoms with Gasteiger partial charge in [0.15, 0.2) is 0 Å². The molecule has 0 unspecified atom stereocenters. The highest BCUT2D eigenvalue weighted by molar-refractivity contribution is 7.21. The lowest BCUT2D eigenvalue weighted by molar-refractivity contribution is -0.141. The molecule has 0 fully saturated rings. The topological polar surface area (TPSA) is 68.0 Å². The molecule has 0 bridgehead atoms. The van der Waals surface area contributed by atoms with E-state index in [1.807, 2.05) is 0 Å². The number of rotatable bonds is 2. The number of alkyl halides is 3. The van der Waals surface area contributed by atoms with Gasteiger partial charge >= 0.3 is 6.18 Å². The number of amides is 1. The molecule has 26 heavy (non-hydrogen) atoms. The molecule has 2 aromatic heterocycles. The Hall–Kier alpha value is -2.75. The van der Waals surface area contributed by atoms with Crippen LogP contribution in [0.15, 0.2) is 24.3 Å². The van der Waals surface area contributed by atoms with Crippen molar-refractivity contribution in [2.75, 3.05) is 11.1 Å². The Morgan fingerprint density at radius 2 is 1.92 bits per heavy atom. The zero-order valence-electron chi connectivity index (χ0n) is 13.0. The van der Waals surface area contributed by atoms with Crippen LogP contribution in [-0.2, 0) is 6.18 Å². The number of nitrogens with zero attached hydrogens (tertiary/aromatic N) is 1. The normalized spacial score (nSPS) is 11.8. The van der Waals surface area contributed by atoms with Gasteiger partial charge in [-0.2, -0.15) is 13.2 Å². The van der Waals surface area contributed by atoms with Crippen LogP contribution in [0.1, 0.15) is 20.9 Å². The lowest BCUT2D eigenvalue weighted by atomic mass is 10.1. The van der Waals surface area contributed by atoms with Crippen molar-refractivity contribution < 1.29 is 26.7 Å². The van der Waals surface area contributed by atoms with E-state index in [4.69, 9.17) is 5.73 Å². The summed E-state index contributed by atoms with van der Waals surface area (Å²) in [7, 11) is 0. The second-order valence-corrected chi connectivity index (χ2v) is 6.42. The van der Waals surface area contributed by atoms with E-state index in [0.29, 0.717) is 11.3 Å². The molecule has 0 atom stereocenters. The molecule has 3 N–H and O–H groups in total. The van der Waals surface area contributed by atoms with E-state index < -0.39 is 35.1 Å². The smallest absolute Gasteiger partial charge is 0.397 e. The Morgan fingerprint density at radius 3 is 2.58 bits per heavy atom. The second kappa shape index (κ2) is 6.20. The third-order valence-electron chi connectivity index (χ3n) is 3.57. The van der Waals surface area contributed by atoms with Crippen LogP contribution in [0, 0.1) is 18.6 Å². The number of pyridine rings is 1. The summed E-state index contributed by atoms with van der Waals surface area (Å²) in [4.78, 5) is 15.6. The fourth-order valence-electron chi connectivity index (χ4n) is 2.40. The minimum atomic E-state index is -4.65. The molecule has 1 aromatic carbocycles. The average molecular weight is 387 g/mol. The van der Waals surface area contributed by atoms with Crippen LogP contribution in [0.4, 0.5) is 33.3 Å². The van der Waals surface area contributed by atoms with Crippen LogP contribution in [-0.4, -0.2) is 10.9 Å². The maximum Gasteiger partial charge on any atom is 0.433 e. The van der Waals surface area contributed by atoms with Crippen LogP contribution in [0.25, 0.3) is 10.2 Å². The van der Waals surface area contributed by atoms with E-state index in [1.54, 1.807) is 0 Å². The van der Waals surface area contributed by atoms with Gasteiger partial charge in [-0.25, -0.2) is 13.8 Å². The lowest BCUT2D eigenvalue weighted by Crippen LogP contribution is -2.13. The quantitative estimate of drug-likeness (QED) is 0.625. The Kier molecular flexibility index (Phi) is 4.31. The van der Waals surface area contributed by atoms with Gasteiger partial charge in [-0.1, -0.05) is 0 Å². The van der Waals surface area contributed by atoms with Gasteiger partial charge in [0.1, 0.15) is 27.0 Å². The SMILES string of the molecule is Cc1cc(C(F)(F)F)nc2sc(C(=O)Nc3cc(F)ccc3F)c(N)c12. The lowest BCUT2D eigenvalue weighted by Gasteiger charge is -2.07. The number of thiophene rings is 1. The van der Waals surface area contributed by atoms with Crippen LogP contribution >= 0.6 is 11.3 Å². The van der Waals surface area contributed by atoms with Crippen molar-refractivity contribution in [2.45, 2.75) is 13.1 Å². The van der Waals surface area contributed by atoms with Gasteiger partial charge in [0.2, 0.25) is 0 Å². The molecule has 4 nitrogen and oxygen atoms in total. The number of halogens is 5. The number of carbonyl (C=O) groups is 1. The highest BCUT2D eigenvalue weighted by atomic mass is 32.1. The Balaban J connectivity index is 2.05. The zero-order valence-corrected chi connectivity index (χ0v) is 13.9. The average Bonchev–Trinajstić information content (AvgIpc) is 2.87. The van der Waals surface area contributed by atoms with Gasteiger partial charge in [-0.3, -0.25) is 4.79 Å². The number of hydrogen-bond donors (Lipinski definition) is 2. The van der Waals surface area contributed by atoms with E-state index in [1.165, 1.54) is 6.92 Å². The molecule has 10 heteroatoms. The van der Waals surface area contributed by atoms with E-state index in [2.05, 4.69) is 10.3 Å². The number of aromatic nitrogens is 1. The van der Waals surface area contributed by atoms with Crippen LogP contribution in [0.5, 0.6) is 0 Å². The molecule has 3 aromatic rings. The van der Waals surface area contributed by atoms with Gasteiger partial charge in [0.05, 0.1) is 11.4 Å². The van der Waals surface area contributed by atoms with Crippen molar-refractivity contribution >= 4 is 38.8 Å². The predicted octanol–water partition coefficient (Wildman–Crippen LogP) is 4.74. The molecular weight excluding hydrogens is 377 g/mol. The highest BCUT2D eigenvalue weighted by Gasteiger charge is 2.34. The van der Waals surface area contributed by atoms with Crippen LogP contribution in [0.3, 0.4) is 0 Å². The summed E-state index contributed by atoms with van der Waals surface area (Å²) in [6.07, 6.45) is -4.65. The summed E-state index contributed by atoms with van der Waals surface area (Å²) in [5, 5.41) is 2.38. The van der Waals surface area contributed by atoms with Gasteiger partial charge in [-0.15, -0.1) is 11.3 Å². The molecule has 0 aliphatic rings. The molecule has 136 valence electrons. The maximum atomic E-state index is 13.7. The van der Waals surface area contributed by atoms with E-state index in [9.17, 15) is 26.7 Å². The number of nitrogens with one attached hydrogen (secondary N) is 1. The number of benzene rings is 1. The Bertz CT molecular complexity index is 1030. The van der Waals surface area contributed by atoms with Gasteiger partial charge in [-0.05, 0) is 30.7 Å². The van der Waals surface area contributed by atoms with E-state index >= 15 is 0 Å². The van der Waals surface area contributed by atoms with Gasteiger partial charge in [0.25, 0.3) is 5.91 Å². The number of anilines is 2. The first kappa shape index (κ1) is 18.1. The van der Waals surface area contributed by atoms with Crippen LogP contribution in [0.2, 0.25) is 0 Å². The molecule has 2 heterocycles. The summed E-state index contributed by atoms with van der Waals surface area (Å²) >= 11 is 0.641. The fraction of sp³-hybridized carbons (Fsp3) is 0.125. The van der Waals surface area contributed by atoms with E-state index in [0.717, 1.165) is 24.3 Å². The third-order valence-corrected chi connectivity index (χ3v) is 4.67. The predicted molar refractivity (Wildman–Crippen MR) is 88.1 cm³/mol.